The fourth-order valence-electron chi connectivity index (χ4n) is 5.52. The van der Waals surface area contributed by atoms with E-state index in [0.717, 1.165) is 17.0 Å². The van der Waals surface area contributed by atoms with Crippen LogP contribution < -0.4 is 5.69 Å². The largest absolute Gasteiger partial charge is 0.345 e. The topological polar surface area (TPSA) is 111 Å². The van der Waals surface area contributed by atoms with Crippen LogP contribution in [0.2, 0.25) is 0 Å². The van der Waals surface area contributed by atoms with Gasteiger partial charge in [-0.25, -0.2) is 13.2 Å². The Labute approximate surface area is 198 Å². The van der Waals surface area contributed by atoms with Gasteiger partial charge in [0.15, 0.2) is 5.78 Å². The highest BCUT2D eigenvalue weighted by atomic mass is 32.2. The predicted octanol–water partition coefficient (Wildman–Crippen LogP) is 2.58. The van der Waals surface area contributed by atoms with Gasteiger partial charge in [0.05, 0.1) is 22.5 Å². The number of rotatable bonds is 6. The second-order valence-corrected chi connectivity index (χ2v) is 11.4. The Hall–Kier alpha value is -2.69. The summed E-state index contributed by atoms with van der Waals surface area (Å²) in [6.07, 6.45) is 4.84. The number of ketones is 1. The molecule has 2 fully saturated rings. The number of aromatic amines is 2. The fraction of sp³-hybridized carbons (Fsp3) is 0.500. The summed E-state index contributed by atoms with van der Waals surface area (Å²) in [5.41, 5.74) is 3.64. The Morgan fingerprint density at radius 2 is 1.68 bits per heavy atom. The first-order valence-corrected chi connectivity index (χ1v) is 13.3. The first-order valence-electron chi connectivity index (χ1n) is 11.9. The Morgan fingerprint density at radius 1 is 1.00 bits per heavy atom. The van der Waals surface area contributed by atoms with Crippen molar-refractivity contribution in [2.45, 2.75) is 50.5 Å². The minimum absolute atomic E-state index is 0.0931. The summed E-state index contributed by atoms with van der Waals surface area (Å²) >= 11 is 0. The van der Waals surface area contributed by atoms with Gasteiger partial charge >= 0.3 is 5.69 Å². The Morgan fingerprint density at radius 3 is 2.38 bits per heavy atom. The zero-order chi connectivity index (χ0) is 24.0. The van der Waals surface area contributed by atoms with E-state index in [0.29, 0.717) is 49.8 Å². The number of fused-ring (bicyclic) bond motifs is 1. The van der Waals surface area contributed by atoms with Gasteiger partial charge in [0.25, 0.3) is 0 Å². The van der Waals surface area contributed by atoms with Crippen LogP contribution >= 0.6 is 0 Å². The van der Waals surface area contributed by atoms with E-state index in [1.807, 2.05) is 17.9 Å². The molecule has 0 spiro atoms. The molecule has 0 atom stereocenters. The number of carbonyl (C=O) groups is 1. The minimum Gasteiger partial charge on any atom is -0.345 e. The summed E-state index contributed by atoms with van der Waals surface area (Å²) in [6.45, 7) is 6.03. The van der Waals surface area contributed by atoms with Gasteiger partial charge in [-0.3, -0.25) is 9.69 Å². The first-order chi connectivity index (χ1) is 16.2. The predicted molar refractivity (Wildman–Crippen MR) is 130 cm³/mol. The highest BCUT2D eigenvalue weighted by Gasteiger charge is 2.30. The van der Waals surface area contributed by atoms with Crippen LogP contribution in [0.4, 0.5) is 0 Å². The molecule has 3 heterocycles. The fourth-order valence-corrected chi connectivity index (χ4v) is 6.97. The zero-order valence-electron chi connectivity index (χ0n) is 19.6. The molecule has 3 aromatic rings. The number of piperazine rings is 1. The molecule has 1 aliphatic carbocycles. The van der Waals surface area contributed by atoms with E-state index >= 15 is 0 Å². The van der Waals surface area contributed by atoms with Crippen LogP contribution in [0, 0.1) is 13.8 Å². The Balaban J connectivity index is 1.24. The number of benzene rings is 1. The standard InChI is InChI=1S/C24H31N5O4S/c1-16-13-20(17(2)29(16)18-5-3-4-6-18)23(30)15-27-9-11-28(12-10-27)34(32,33)19-7-8-21-22(14-19)26-24(31)25-21/h7-8,13-14,18H,3-6,9-12,15H2,1-2H3,(H2,25,26,31). The van der Waals surface area contributed by atoms with E-state index in [4.69, 9.17) is 0 Å². The molecule has 1 aromatic carbocycles. The summed E-state index contributed by atoms with van der Waals surface area (Å²) in [5.74, 6) is 0.0931. The molecule has 5 rings (SSSR count). The van der Waals surface area contributed by atoms with Crippen molar-refractivity contribution >= 4 is 26.8 Å². The van der Waals surface area contributed by atoms with Crippen LogP contribution in [-0.4, -0.2) is 70.7 Å². The first kappa shape index (κ1) is 23.1. The summed E-state index contributed by atoms with van der Waals surface area (Å²) in [6, 6.07) is 7.10. The average molecular weight is 486 g/mol. The molecule has 34 heavy (non-hydrogen) atoms. The van der Waals surface area contributed by atoms with Crippen molar-refractivity contribution in [2.24, 2.45) is 0 Å². The van der Waals surface area contributed by atoms with Crippen LogP contribution in [0.25, 0.3) is 11.0 Å². The normalized spacial score (nSPS) is 18.8. The molecule has 2 aromatic heterocycles. The van der Waals surface area contributed by atoms with Crippen LogP contribution in [0.1, 0.15) is 53.5 Å². The number of hydrogen-bond acceptors (Lipinski definition) is 5. The van der Waals surface area contributed by atoms with Crippen molar-refractivity contribution in [3.05, 3.63) is 51.7 Å². The van der Waals surface area contributed by atoms with Crippen LogP contribution in [0.15, 0.2) is 34.0 Å². The van der Waals surface area contributed by atoms with Crippen LogP contribution in [-0.2, 0) is 10.0 Å². The van der Waals surface area contributed by atoms with Crippen molar-refractivity contribution < 1.29 is 13.2 Å². The van der Waals surface area contributed by atoms with E-state index in [2.05, 4.69) is 21.5 Å². The van der Waals surface area contributed by atoms with Crippen molar-refractivity contribution in [3.63, 3.8) is 0 Å². The minimum atomic E-state index is -3.68. The van der Waals surface area contributed by atoms with E-state index in [1.54, 1.807) is 6.07 Å². The number of hydrogen-bond donors (Lipinski definition) is 2. The molecule has 182 valence electrons. The highest BCUT2D eigenvalue weighted by Crippen LogP contribution is 2.33. The van der Waals surface area contributed by atoms with Crippen molar-refractivity contribution in [3.8, 4) is 0 Å². The number of nitrogens with one attached hydrogen (secondary N) is 2. The number of sulfonamides is 1. The molecule has 0 radical (unpaired) electrons. The highest BCUT2D eigenvalue weighted by molar-refractivity contribution is 7.89. The molecule has 10 heteroatoms. The Bertz CT molecular complexity index is 1390. The van der Waals surface area contributed by atoms with Gasteiger partial charge in [0.2, 0.25) is 10.0 Å². The van der Waals surface area contributed by atoms with E-state index in [-0.39, 0.29) is 16.4 Å². The number of nitrogens with zero attached hydrogens (tertiary/aromatic N) is 3. The molecule has 2 N–H and O–H groups in total. The number of H-pyrrole nitrogens is 2. The van der Waals surface area contributed by atoms with Crippen LogP contribution in [0.3, 0.4) is 0 Å². The lowest BCUT2D eigenvalue weighted by molar-refractivity contribution is 0.0901. The summed E-state index contributed by atoms with van der Waals surface area (Å²) in [7, 11) is -3.68. The average Bonchev–Trinajstić information content (AvgIpc) is 3.52. The van der Waals surface area contributed by atoms with Crippen molar-refractivity contribution in [1.29, 1.82) is 0 Å². The maximum Gasteiger partial charge on any atom is 0.323 e. The Kier molecular flexibility index (Phi) is 5.99. The van der Waals surface area contributed by atoms with E-state index in [9.17, 15) is 18.0 Å². The number of carbonyl (C=O) groups excluding carboxylic acids is 1. The van der Waals surface area contributed by atoms with Gasteiger partial charge in [-0.2, -0.15) is 4.31 Å². The quantitative estimate of drug-likeness (QED) is 0.522. The van der Waals surface area contributed by atoms with E-state index < -0.39 is 10.0 Å². The third-order valence-electron chi connectivity index (χ3n) is 7.30. The molecule has 0 bridgehead atoms. The smallest absolute Gasteiger partial charge is 0.323 e. The van der Waals surface area contributed by atoms with Gasteiger partial charge in [-0.1, -0.05) is 12.8 Å². The number of Topliss-reactive ketones (excluding diaryl/α,β-unsaturated/α-hetero) is 1. The van der Waals surface area contributed by atoms with Crippen LogP contribution in [0.5, 0.6) is 0 Å². The number of aryl methyl sites for hydroxylation is 1. The molecule has 1 aliphatic heterocycles. The molecule has 9 nitrogen and oxygen atoms in total. The lowest BCUT2D eigenvalue weighted by atomic mass is 10.1. The molecular formula is C24H31N5O4S. The summed E-state index contributed by atoms with van der Waals surface area (Å²) in [5, 5.41) is 0. The van der Waals surface area contributed by atoms with Crippen molar-refractivity contribution in [1.82, 2.24) is 23.7 Å². The van der Waals surface area contributed by atoms with Gasteiger partial charge in [0, 0.05) is 49.2 Å². The maximum absolute atomic E-state index is 13.1. The zero-order valence-corrected chi connectivity index (χ0v) is 20.5. The third-order valence-corrected chi connectivity index (χ3v) is 9.19. The lowest BCUT2D eigenvalue weighted by Crippen LogP contribution is -2.49. The maximum atomic E-state index is 13.1. The van der Waals surface area contributed by atoms with Crippen molar-refractivity contribution in [2.75, 3.05) is 32.7 Å². The number of aromatic nitrogens is 3. The third kappa shape index (κ3) is 4.14. The van der Waals surface area contributed by atoms with E-state index in [1.165, 1.54) is 42.1 Å². The molecule has 1 saturated carbocycles. The molecular weight excluding hydrogens is 454 g/mol. The van der Waals surface area contributed by atoms with Gasteiger partial charge < -0.3 is 14.5 Å². The number of imidazole rings is 1. The summed E-state index contributed by atoms with van der Waals surface area (Å²) in [4.78, 5) is 32.0. The SMILES string of the molecule is Cc1cc(C(=O)CN2CCN(S(=O)(=O)c3ccc4[nH]c(=O)[nH]c4c3)CC2)c(C)n1C1CCCC1. The molecule has 2 aliphatic rings. The molecule has 0 amide bonds. The second-order valence-electron chi connectivity index (χ2n) is 9.48. The van der Waals surface area contributed by atoms with Gasteiger partial charge in [-0.15, -0.1) is 0 Å². The molecule has 0 unspecified atom stereocenters. The van der Waals surface area contributed by atoms with Gasteiger partial charge in [-0.05, 0) is 51.0 Å². The molecule has 1 saturated heterocycles. The summed E-state index contributed by atoms with van der Waals surface area (Å²) < 4.78 is 30.1. The van der Waals surface area contributed by atoms with Gasteiger partial charge in [0.1, 0.15) is 0 Å². The monoisotopic (exact) mass is 485 g/mol. The second kappa shape index (κ2) is 8.83. The lowest BCUT2D eigenvalue weighted by Gasteiger charge is -2.33.